The van der Waals surface area contributed by atoms with Crippen molar-refractivity contribution in [3.8, 4) is 11.5 Å². The summed E-state index contributed by atoms with van der Waals surface area (Å²) in [7, 11) is 0. The quantitative estimate of drug-likeness (QED) is 0.932. The van der Waals surface area contributed by atoms with Gasteiger partial charge in [0.2, 0.25) is 0 Å². The van der Waals surface area contributed by atoms with E-state index in [1.165, 1.54) is 19.9 Å². The van der Waals surface area contributed by atoms with E-state index in [4.69, 9.17) is 14.6 Å². The maximum absolute atomic E-state index is 12.9. The van der Waals surface area contributed by atoms with Crippen LogP contribution >= 0.6 is 0 Å². The summed E-state index contributed by atoms with van der Waals surface area (Å²) in [5, 5.41) is 9.14. The largest absolute Gasteiger partial charge is 0.486 e. The number of aliphatic carboxylic acids is 1. The summed E-state index contributed by atoms with van der Waals surface area (Å²) in [6.07, 6.45) is -4.50. The second-order valence-electron chi connectivity index (χ2n) is 5.49. The molecule has 0 fully saturated rings. The molecule has 1 aromatic carbocycles. The first-order chi connectivity index (χ1) is 9.63. The summed E-state index contributed by atoms with van der Waals surface area (Å²) >= 11 is 0. The highest BCUT2D eigenvalue weighted by Gasteiger charge is 2.39. The zero-order valence-corrected chi connectivity index (χ0v) is 11.6. The average molecular weight is 304 g/mol. The normalized spacial score (nSPS) is 14.9. The lowest BCUT2D eigenvalue weighted by Gasteiger charge is -2.27. The number of carboxylic acids is 1. The van der Waals surface area contributed by atoms with Crippen molar-refractivity contribution in [1.29, 1.82) is 0 Å². The number of carboxylic acid groups (broad SMARTS) is 1. The average Bonchev–Trinajstić information content (AvgIpc) is 2.37. The molecule has 1 N–H and O–H groups in total. The molecule has 2 rings (SSSR count). The summed E-state index contributed by atoms with van der Waals surface area (Å²) in [5.74, 6) is -1.40. The highest BCUT2D eigenvalue weighted by molar-refractivity contribution is 5.74. The van der Waals surface area contributed by atoms with E-state index in [-0.39, 0.29) is 31.1 Å². The third kappa shape index (κ3) is 3.06. The molecule has 0 atom stereocenters. The van der Waals surface area contributed by atoms with Crippen LogP contribution in [0.2, 0.25) is 0 Å². The smallest absolute Gasteiger partial charge is 0.420 e. The Morgan fingerprint density at radius 2 is 1.76 bits per heavy atom. The van der Waals surface area contributed by atoms with Crippen LogP contribution in [0.1, 0.15) is 25.0 Å². The van der Waals surface area contributed by atoms with Gasteiger partial charge in [-0.15, -0.1) is 0 Å². The van der Waals surface area contributed by atoms with Crippen molar-refractivity contribution in [2.75, 3.05) is 13.2 Å². The molecule has 0 saturated heterocycles. The van der Waals surface area contributed by atoms with Crippen LogP contribution in [0.4, 0.5) is 13.2 Å². The van der Waals surface area contributed by atoms with Crippen LogP contribution in [0, 0.1) is 5.41 Å². The molecule has 1 aliphatic rings. The minimum atomic E-state index is -4.55. The Kier molecular flexibility index (Phi) is 3.78. The fourth-order valence-corrected chi connectivity index (χ4v) is 2.11. The third-order valence-corrected chi connectivity index (χ3v) is 3.29. The molecule has 1 aromatic rings. The SMILES string of the molecule is CC(C)(Cc1ccc(C(F)(F)F)c2c1OCCO2)C(=O)O. The summed E-state index contributed by atoms with van der Waals surface area (Å²) in [4.78, 5) is 11.2. The van der Waals surface area contributed by atoms with E-state index in [0.717, 1.165) is 6.07 Å². The summed E-state index contributed by atoms with van der Waals surface area (Å²) in [6, 6.07) is 2.15. The van der Waals surface area contributed by atoms with Gasteiger partial charge >= 0.3 is 12.1 Å². The lowest BCUT2D eigenvalue weighted by molar-refractivity contribution is -0.147. The zero-order valence-electron chi connectivity index (χ0n) is 11.6. The van der Waals surface area contributed by atoms with Crippen LogP contribution in [-0.2, 0) is 17.4 Å². The fourth-order valence-electron chi connectivity index (χ4n) is 2.11. The van der Waals surface area contributed by atoms with E-state index in [1.807, 2.05) is 0 Å². The second-order valence-corrected chi connectivity index (χ2v) is 5.49. The lowest BCUT2D eigenvalue weighted by atomic mass is 9.85. The summed E-state index contributed by atoms with van der Waals surface area (Å²) in [5.41, 5.74) is -1.63. The van der Waals surface area contributed by atoms with Crippen molar-refractivity contribution in [3.05, 3.63) is 23.3 Å². The third-order valence-electron chi connectivity index (χ3n) is 3.29. The predicted octanol–water partition coefficient (Wildman–Crippen LogP) is 3.13. The van der Waals surface area contributed by atoms with E-state index in [9.17, 15) is 18.0 Å². The standard InChI is InChI=1S/C14H15F3O4/c1-13(2,12(18)19)7-8-3-4-9(14(15,16)17)11-10(8)20-5-6-21-11/h3-4H,5-7H2,1-2H3,(H,18,19). The Labute approximate surface area is 119 Å². The van der Waals surface area contributed by atoms with Gasteiger partial charge in [0.15, 0.2) is 11.5 Å². The first kappa shape index (κ1) is 15.5. The first-order valence-electron chi connectivity index (χ1n) is 6.35. The van der Waals surface area contributed by atoms with E-state index < -0.39 is 23.1 Å². The van der Waals surface area contributed by atoms with Crippen LogP contribution in [0.15, 0.2) is 12.1 Å². The Bertz CT molecular complexity index is 564. The molecule has 0 radical (unpaired) electrons. The zero-order chi connectivity index (χ0) is 15.8. The maximum atomic E-state index is 12.9. The lowest BCUT2D eigenvalue weighted by Crippen LogP contribution is -2.27. The number of hydrogen-bond donors (Lipinski definition) is 1. The number of rotatable bonds is 3. The molecule has 21 heavy (non-hydrogen) atoms. The van der Waals surface area contributed by atoms with Crippen molar-refractivity contribution in [1.82, 2.24) is 0 Å². The molecular formula is C14H15F3O4. The van der Waals surface area contributed by atoms with Gasteiger partial charge in [0, 0.05) is 0 Å². The molecule has 4 nitrogen and oxygen atoms in total. The number of hydrogen-bond acceptors (Lipinski definition) is 3. The number of halogens is 3. The molecule has 7 heteroatoms. The molecule has 1 heterocycles. The molecule has 1 aliphatic heterocycles. The van der Waals surface area contributed by atoms with Crippen LogP contribution < -0.4 is 9.47 Å². The topological polar surface area (TPSA) is 55.8 Å². The Morgan fingerprint density at radius 3 is 2.29 bits per heavy atom. The van der Waals surface area contributed by atoms with Crippen LogP contribution in [-0.4, -0.2) is 24.3 Å². The van der Waals surface area contributed by atoms with E-state index >= 15 is 0 Å². The molecule has 0 amide bonds. The number of alkyl halides is 3. The Balaban J connectivity index is 2.48. The van der Waals surface area contributed by atoms with Gasteiger partial charge in [-0.05, 0) is 31.9 Å². The minimum absolute atomic E-state index is 0.00889. The number of ether oxygens (including phenoxy) is 2. The van der Waals surface area contributed by atoms with Gasteiger partial charge in [-0.1, -0.05) is 6.07 Å². The molecule has 116 valence electrons. The number of benzene rings is 1. The van der Waals surface area contributed by atoms with Crippen LogP contribution in [0.5, 0.6) is 11.5 Å². The Hall–Kier alpha value is -1.92. The predicted molar refractivity (Wildman–Crippen MR) is 67.6 cm³/mol. The maximum Gasteiger partial charge on any atom is 0.420 e. The van der Waals surface area contributed by atoms with Crippen molar-refractivity contribution in [3.63, 3.8) is 0 Å². The van der Waals surface area contributed by atoms with Crippen molar-refractivity contribution >= 4 is 5.97 Å². The number of carbonyl (C=O) groups is 1. The molecular weight excluding hydrogens is 289 g/mol. The van der Waals surface area contributed by atoms with Crippen molar-refractivity contribution in [2.24, 2.45) is 5.41 Å². The van der Waals surface area contributed by atoms with Crippen molar-refractivity contribution < 1.29 is 32.5 Å². The van der Waals surface area contributed by atoms with E-state index in [1.54, 1.807) is 0 Å². The number of fused-ring (bicyclic) bond motifs is 1. The van der Waals surface area contributed by atoms with Gasteiger partial charge in [0.1, 0.15) is 18.8 Å². The van der Waals surface area contributed by atoms with Crippen LogP contribution in [0.25, 0.3) is 0 Å². The minimum Gasteiger partial charge on any atom is -0.486 e. The highest BCUT2D eigenvalue weighted by Crippen LogP contribution is 2.46. The van der Waals surface area contributed by atoms with Gasteiger partial charge in [0.25, 0.3) is 0 Å². The van der Waals surface area contributed by atoms with Gasteiger partial charge in [-0.25, -0.2) is 0 Å². The Morgan fingerprint density at radius 1 is 1.19 bits per heavy atom. The summed E-state index contributed by atoms with van der Waals surface area (Å²) < 4.78 is 49.2. The molecule has 0 aromatic heterocycles. The monoisotopic (exact) mass is 304 g/mol. The molecule has 0 unspecified atom stereocenters. The molecule has 0 saturated carbocycles. The summed E-state index contributed by atoms with van der Waals surface area (Å²) in [6.45, 7) is 3.17. The van der Waals surface area contributed by atoms with E-state index in [2.05, 4.69) is 0 Å². The molecule has 0 bridgehead atoms. The van der Waals surface area contributed by atoms with Gasteiger partial charge < -0.3 is 14.6 Å². The second kappa shape index (κ2) is 5.13. The van der Waals surface area contributed by atoms with Gasteiger partial charge in [-0.2, -0.15) is 13.2 Å². The molecule has 0 aliphatic carbocycles. The van der Waals surface area contributed by atoms with Crippen LogP contribution in [0.3, 0.4) is 0 Å². The van der Waals surface area contributed by atoms with Gasteiger partial charge in [-0.3, -0.25) is 4.79 Å². The fraction of sp³-hybridized carbons (Fsp3) is 0.500. The first-order valence-corrected chi connectivity index (χ1v) is 6.35. The van der Waals surface area contributed by atoms with E-state index in [0.29, 0.717) is 5.56 Å². The van der Waals surface area contributed by atoms with Crippen molar-refractivity contribution in [2.45, 2.75) is 26.4 Å². The van der Waals surface area contributed by atoms with Gasteiger partial charge in [0.05, 0.1) is 5.41 Å². The molecule has 0 spiro atoms. The highest BCUT2D eigenvalue weighted by atomic mass is 19.4.